The Labute approximate surface area is 288 Å². The normalized spacial score (nSPS) is 10.3. The molecule has 0 aromatic heterocycles. The van der Waals surface area contributed by atoms with Gasteiger partial charge in [0.15, 0.2) is 0 Å². The summed E-state index contributed by atoms with van der Waals surface area (Å²) in [5.41, 5.74) is 2.69. The van der Waals surface area contributed by atoms with E-state index in [-0.39, 0.29) is 24.8 Å². The second-order valence-electron chi connectivity index (χ2n) is 10.8. The van der Waals surface area contributed by atoms with Crippen LogP contribution >= 0.6 is 0 Å². The Morgan fingerprint density at radius 2 is 0.795 bits per heavy atom. The molecule has 0 aliphatic carbocycles. The first-order chi connectivity index (χ1) is 20.6. The number of halogens is 2. The molecule has 0 unspecified atom stereocenters. The average Bonchev–Trinajstić information content (AvgIpc) is 3.63. The molecule has 44 heavy (non-hydrogen) atoms. The fraction of sp³-hybridized carbons (Fsp3) is 0.0500. The Morgan fingerprint density at radius 1 is 0.432 bits per heavy atom. The first kappa shape index (κ1) is 33.9. The van der Waals surface area contributed by atoms with Crippen LogP contribution in [0.3, 0.4) is 0 Å². The predicted molar refractivity (Wildman–Crippen MR) is 181 cm³/mol. The molecule has 216 valence electrons. The maximum absolute atomic E-state index is 2.27. The molecular formula is C40H32Cl2GeZr-2. The summed E-state index contributed by atoms with van der Waals surface area (Å²) in [6.45, 7) is 4.30. The van der Waals surface area contributed by atoms with Crippen LogP contribution in [0.15, 0.2) is 158 Å². The van der Waals surface area contributed by atoms with Gasteiger partial charge >= 0.3 is 101 Å². The van der Waals surface area contributed by atoms with Gasteiger partial charge in [0, 0.05) is 0 Å². The number of aryl methyl sites for hydroxylation is 2. The van der Waals surface area contributed by atoms with Crippen LogP contribution in [0.4, 0.5) is 0 Å². The Kier molecular flexibility index (Phi) is 12.2. The third-order valence-corrected chi connectivity index (χ3v) is 18.8. The zero-order valence-electron chi connectivity index (χ0n) is 24.8. The summed E-state index contributed by atoms with van der Waals surface area (Å²) in [4.78, 5) is 0. The van der Waals surface area contributed by atoms with E-state index < -0.39 is 9.98 Å². The van der Waals surface area contributed by atoms with Crippen molar-refractivity contribution in [1.82, 2.24) is 0 Å². The standard InChI is InChI=1S/2C14H11.C12H10Ge.2ClH.Zr/c2*1-10-8-12-7-6-11-4-2-3-5-13(11)14(12)9-10;1-3-7-11(8-4-1)13-12-9-5-2-6-10-12;;;/h2*2-9H,1H3;1-10H;2*1H;/q2*-1;;;;+2/p-2. The van der Waals surface area contributed by atoms with Crippen molar-refractivity contribution in [2.75, 3.05) is 0 Å². The molecule has 0 radical (unpaired) electrons. The molecule has 4 heteroatoms. The molecule has 0 heterocycles. The third-order valence-electron chi connectivity index (χ3n) is 7.64. The van der Waals surface area contributed by atoms with Crippen molar-refractivity contribution in [3.05, 3.63) is 169 Å². The molecule has 0 atom stereocenters. The first-order valence-electron chi connectivity index (χ1n) is 14.4. The van der Waals surface area contributed by atoms with Crippen LogP contribution in [0.2, 0.25) is 0 Å². The zero-order valence-corrected chi connectivity index (χ0v) is 30.8. The van der Waals surface area contributed by atoms with Gasteiger partial charge in [0.25, 0.3) is 0 Å². The quantitative estimate of drug-likeness (QED) is 0.188. The number of hydrogen-bond acceptors (Lipinski definition) is 0. The molecular weight excluding hydrogens is 715 g/mol. The Bertz CT molecular complexity index is 1970. The second kappa shape index (κ2) is 15.9. The number of rotatable bonds is 2. The van der Waals surface area contributed by atoms with Crippen LogP contribution in [0.5, 0.6) is 0 Å². The van der Waals surface area contributed by atoms with E-state index in [0.29, 0.717) is 0 Å². The van der Waals surface area contributed by atoms with E-state index in [0.717, 1.165) is 0 Å². The molecule has 0 nitrogen and oxygen atoms in total. The van der Waals surface area contributed by atoms with Crippen LogP contribution in [0.25, 0.3) is 43.1 Å². The van der Waals surface area contributed by atoms with Crippen LogP contribution in [-0.2, 0) is 21.6 Å². The summed E-state index contributed by atoms with van der Waals surface area (Å²) in [5, 5.41) is 10.8. The van der Waals surface area contributed by atoms with Crippen LogP contribution in [0.1, 0.15) is 11.1 Å². The van der Waals surface area contributed by atoms with Crippen molar-refractivity contribution in [3.63, 3.8) is 0 Å². The predicted octanol–water partition coefficient (Wildman–Crippen LogP) is 3.39. The van der Waals surface area contributed by atoms with Crippen LogP contribution in [-0.4, -0.2) is 9.98 Å². The minimum atomic E-state index is -1.11. The third kappa shape index (κ3) is 7.82. The molecule has 0 fully saturated rings. The van der Waals surface area contributed by atoms with Gasteiger partial charge in [-0.05, 0) is 10.8 Å². The Morgan fingerprint density at radius 3 is 1.20 bits per heavy atom. The second-order valence-corrected chi connectivity index (χ2v) is 21.1. The van der Waals surface area contributed by atoms with Gasteiger partial charge in [-0.25, -0.2) is 0 Å². The van der Waals surface area contributed by atoms with Gasteiger partial charge in [-0.15, -0.1) is 56.9 Å². The molecule has 0 amide bonds. The molecule has 0 aliphatic rings. The van der Waals surface area contributed by atoms with Crippen molar-refractivity contribution >= 4 is 61.9 Å². The van der Waals surface area contributed by atoms with Crippen molar-refractivity contribution in [3.8, 4) is 0 Å². The van der Waals surface area contributed by atoms with Crippen molar-refractivity contribution in [2.24, 2.45) is 0 Å². The summed E-state index contributed by atoms with van der Waals surface area (Å²) >= 11 is 1.71. The van der Waals surface area contributed by atoms with E-state index in [1.807, 2.05) is 0 Å². The molecule has 0 saturated heterocycles. The summed E-state index contributed by atoms with van der Waals surface area (Å²) < 4.78 is 3.16. The molecule has 8 aromatic carbocycles. The Hall–Kier alpha value is -2.93. The molecule has 0 saturated carbocycles. The summed E-state index contributed by atoms with van der Waals surface area (Å²) in [7, 11) is -1.11. The minimum absolute atomic E-state index is 0. The summed E-state index contributed by atoms with van der Waals surface area (Å²) in [5.74, 6) is 0. The SMILES string of the molecule is Cc1cc2c(ccc3ccccc32)[cH-]1.Cc1cc2c(ccc3ccccc32)[cH-]1.[Cl-].[Cl-].[Zr+2]=[Ge]([c]1ccccc1)[c]1ccccc1. The number of fused-ring (bicyclic) bond motifs is 6. The van der Waals surface area contributed by atoms with Gasteiger partial charge in [0.05, 0.1) is 0 Å². The summed E-state index contributed by atoms with van der Waals surface area (Å²) in [6, 6.07) is 56.7. The molecule has 8 rings (SSSR count). The van der Waals surface area contributed by atoms with Crippen molar-refractivity contribution < 1.29 is 46.4 Å². The first-order valence-corrected chi connectivity index (χ1v) is 23.9. The number of hydrogen-bond donors (Lipinski definition) is 0. The van der Waals surface area contributed by atoms with Crippen molar-refractivity contribution in [2.45, 2.75) is 13.8 Å². The van der Waals surface area contributed by atoms with Crippen molar-refractivity contribution in [1.29, 1.82) is 0 Å². The molecule has 8 aromatic rings. The molecule has 0 bridgehead atoms. The van der Waals surface area contributed by atoms with Gasteiger partial charge in [0.1, 0.15) is 0 Å². The number of benzene rings is 6. The van der Waals surface area contributed by atoms with E-state index >= 15 is 0 Å². The van der Waals surface area contributed by atoms with Crippen LogP contribution < -0.4 is 33.6 Å². The monoisotopic (exact) mass is 746 g/mol. The van der Waals surface area contributed by atoms with E-state index in [9.17, 15) is 0 Å². The maximum atomic E-state index is 2.27. The van der Waals surface area contributed by atoms with Gasteiger partial charge in [-0.1, -0.05) is 85.3 Å². The van der Waals surface area contributed by atoms with Crippen LogP contribution in [0, 0.1) is 13.8 Å². The molecule has 0 aliphatic heterocycles. The zero-order chi connectivity index (χ0) is 28.9. The molecule has 0 spiro atoms. The molecule has 0 N–H and O–H groups in total. The topological polar surface area (TPSA) is 0 Å². The average molecular weight is 747 g/mol. The Balaban J connectivity index is 0.000000147. The van der Waals surface area contributed by atoms with Gasteiger partial charge < -0.3 is 24.8 Å². The van der Waals surface area contributed by atoms with Gasteiger partial charge in [-0.3, -0.25) is 0 Å². The summed E-state index contributed by atoms with van der Waals surface area (Å²) in [6.07, 6.45) is 0. The van der Waals surface area contributed by atoms with E-state index in [1.54, 1.807) is 30.4 Å². The van der Waals surface area contributed by atoms with E-state index in [1.165, 1.54) is 54.2 Å². The van der Waals surface area contributed by atoms with Gasteiger partial charge in [-0.2, -0.15) is 12.1 Å². The van der Waals surface area contributed by atoms with E-state index in [4.69, 9.17) is 0 Å². The van der Waals surface area contributed by atoms with Gasteiger partial charge in [0.2, 0.25) is 0 Å². The fourth-order valence-electron chi connectivity index (χ4n) is 5.60. The van der Waals surface area contributed by atoms with E-state index in [2.05, 4.69) is 172 Å². The fourth-order valence-corrected chi connectivity index (χ4v) is 12.8.